The van der Waals surface area contributed by atoms with Gasteiger partial charge in [0, 0.05) is 12.7 Å². The number of rotatable bonds is 7. The highest BCUT2D eigenvalue weighted by Gasteiger charge is 2.32. The minimum absolute atomic E-state index is 0.0757. The third-order valence-corrected chi connectivity index (χ3v) is 5.51. The second-order valence-corrected chi connectivity index (χ2v) is 8.90. The first-order chi connectivity index (χ1) is 15.0. The molecule has 0 bridgehead atoms. The fourth-order valence-corrected chi connectivity index (χ4v) is 3.92. The third kappa shape index (κ3) is 5.74. The van der Waals surface area contributed by atoms with E-state index in [1.165, 1.54) is 25.2 Å². The minimum Gasteiger partial charge on any atom is -0.490 e. The Morgan fingerprint density at radius 2 is 2.03 bits per heavy atom. The number of unbranched alkanes of at least 4 members (excludes halogenated alkanes) is 1. The number of hydrogen-bond donors (Lipinski definition) is 1. The van der Waals surface area contributed by atoms with E-state index in [2.05, 4.69) is 9.98 Å². The molecular weight excluding hydrogens is 443 g/mol. The van der Waals surface area contributed by atoms with Crippen LogP contribution in [0.25, 0.3) is 10.3 Å². The fraction of sp³-hybridized carbons (Fsp3) is 0.409. The number of aromatic nitrogens is 2. The molecule has 0 saturated carbocycles. The van der Waals surface area contributed by atoms with Crippen molar-refractivity contribution < 1.29 is 27.8 Å². The average Bonchev–Trinajstić information content (AvgIpc) is 3.06. The Morgan fingerprint density at radius 1 is 1.28 bits per heavy atom. The van der Waals surface area contributed by atoms with Crippen LogP contribution in [-0.4, -0.2) is 32.8 Å². The summed E-state index contributed by atoms with van der Waals surface area (Å²) in [5, 5.41) is 9.90. The second kappa shape index (κ2) is 9.41. The Kier molecular flexibility index (Phi) is 7.04. The highest BCUT2D eigenvalue weighted by atomic mass is 32.1. The van der Waals surface area contributed by atoms with Crippen LogP contribution in [0.4, 0.5) is 13.2 Å². The lowest BCUT2D eigenvalue weighted by Crippen LogP contribution is -2.28. The van der Waals surface area contributed by atoms with E-state index < -0.39 is 23.2 Å². The molecule has 172 valence electrons. The van der Waals surface area contributed by atoms with E-state index in [1.54, 1.807) is 12.3 Å². The molecule has 1 amide bonds. The number of amides is 1. The molecule has 1 N–H and O–H groups in total. The summed E-state index contributed by atoms with van der Waals surface area (Å²) in [5.74, 6) is -0.938. The lowest BCUT2D eigenvalue weighted by Gasteiger charge is -2.19. The van der Waals surface area contributed by atoms with Gasteiger partial charge in [-0.15, -0.1) is 0 Å². The molecule has 32 heavy (non-hydrogen) atoms. The Labute approximate surface area is 187 Å². The maximum atomic E-state index is 13.3. The van der Waals surface area contributed by atoms with Gasteiger partial charge in [0.25, 0.3) is 5.91 Å². The summed E-state index contributed by atoms with van der Waals surface area (Å²) < 4.78 is 47.1. The molecule has 0 radical (unpaired) electrons. The number of aliphatic hydroxyl groups is 1. The van der Waals surface area contributed by atoms with Crippen LogP contribution in [0, 0.1) is 0 Å². The van der Waals surface area contributed by atoms with Crippen LogP contribution in [0.15, 0.2) is 41.5 Å². The Hall–Kier alpha value is -2.72. The number of ether oxygens (including phenoxy) is 1. The number of hydrogen-bond acceptors (Lipinski definition) is 5. The number of benzene rings is 1. The Balaban J connectivity index is 2.10. The summed E-state index contributed by atoms with van der Waals surface area (Å²) in [4.78, 5) is 22.5. The van der Waals surface area contributed by atoms with Crippen molar-refractivity contribution in [2.75, 3.05) is 6.61 Å². The van der Waals surface area contributed by atoms with Crippen LogP contribution < -0.4 is 9.54 Å². The summed E-state index contributed by atoms with van der Waals surface area (Å²) >= 11 is 1.19. The molecule has 0 atom stereocenters. The first-order valence-corrected chi connectivity index (χ1v) is 10.9. The molecule has 0 aliphatic carbocycles. The van der Waals surface area contributed by atoms with Gasteiger partial charge in [-0.1, -0.05) is 24.7 Å². The molecule has 2 heterocycles. The monoisotopic (exact) mass is 467 g/mol. The molecule has 3 rings (SSSR count). The number of nitrogens with zero attached hydrogens (tertiary/aromatic N) is 3. The summed E-state index contributed by atoms with van der Waals surface area (Å²) in [5.41, 5.74) is -1.74. The Bertz CT molecular complexity index is 1180. The topological polar surface area (TPSA) is 76.7 Å². The molecule has 0 unspecified atom stereocenters. The van der Waals surface area contributed by atoms with E-state index >= 15 is 0 Å². The Morgan fingerprint density at radius 3 is 2.69 bits per heavy atom. The van der Waals surface area contributed by atoms with Gasteiger partial charge in [0.05, 0.1) is 22.2 Å². The molecule has 0 fully saturated rings. The summed E-state index contributed by atoms with van der Waals surface area (Å²) in [7, 11) is 0. The molecule has 10 heteroatoms. The first kappa shape index (κ1) is 23.9. The largest absolute Gasteiger partial charge is 0.490 e. The van der Waals surface area contributed by atoms with Crippen molar-refractivity contribution in [3.8, 4) is 5.75 Å². The van der Waals surface area contributed by atoms with Crippen LogP contribution in [0.2, 0.25) is 0 Å². The zero-order valence-electron chi connectivity index (χ0n) is 17.9. The number of thiazole rings is 1. The smallest absolute Gasteiger partial charge is 0.416 e. The normalized spacial score (nSPS) is 13.0. The van der Waals surface area contributed by atoms with E-state index in [0.29, 0.717) is 16.2 Å². The van der Waals surface area contributed by atoms with Crippen LogP contribution in [-0.2, 0) is 12.7 Å². The molecule has 3 aromatic rings. The SMILES string of the molecule is CCCCn1c(=NC(=O)c2cc(C(F)(F)F)ccc2OCC(C)(C)O)sc2ncccc21. The van der Waals surface area contributed by atoms with E-state index in [1.807, 2.05) is 17.6 Å². The van der Waals surface area contributed by atoms with Gasteiger partial charge in [-0.05, 0) is 50.6 Å². The fourth-order valence-electron chi connectivity index (χ4n) is 2.93. The molecule has 0 saturated heterocycles. The van der Waals surface area contributed by atoms with Gasteiger partial charge >= 0.3 is 6.18 Å². The van der Waals surface area contributed by atoms with Gasteiger partial charge < -0.3 is 14.4 Å². The maximum absolute atomic E-state index is 13.3. The van der Waals surface area contributed by atoms with Gasteiger partial charge in [0.2, 0.25) is 0 Å². The molecule has 1 aromatic carbocycles. The molecule has 6 nitrogen and oxygen atoms in total. The van der Waals surface area contributed by atoms with Crippen molar-refractivity contribution in [2.45, 2.75) is 51.9 Å². The quantitative estimate of drug-likeness (QED) is 0.541. The number of aryl methyl sites for hydroxylation is 1. The molecule has 0 aliphatic rings. The number of carbonyl (C=O) groups excluding carboxylic acids is 1. The van der Waals surface area contributed by atoms with Crippen LogP contribution in [0.5, 0.6) is 5.75 Å². The maximum Gasteiger partial charge on any atom is 0.416 e. The molecule has 0 aliphatic heterocycles. The van der Waals surface area contributed by atoms with Gasteiger partial charge in [-0.2, -0.15) is 18.2 Å². The predicted molar refractivity (Wildman–Crippen MR) is 116 cm³/mol. The lowest BCUT2D eigenvalue weighted by atomic mass is 10.1. The second-order valence-electron chi connectivity index (χ2n) is 7.94. The number of pyridine rings is 1. The zero-order valence-corrected chi connectivity index (χ0v) is 18.8. The van der Waals surface area contributed by atoms with Crippen molar-refractivity contribution >= 4 is 27.6 Å². The molecule has 0 spiro atoms. The minimum atomic E-state index is -4.63. The predicted octanol–water partition coefficient (Wildman–Crippen LogP) is 4.81. The van der Waals surface area contributed by atoms with Crippen LogP contribution in [0.1, 0.15) is 49.5 Å². The summed E-state index contributed by atoms with van der Waals surface area (Å²) in [6.45, 7) is 5.40. The van der Waals surface area contributed by atoms with E-state index in [0.717, 1.165) is 36.6 Å². The molecular formula is C22H24F3N3O3S. The highest BCUT2D eigenvalue weighted by Crippen LogP contribution is 2.33. The van der Waals surface area contributed by atoms with Gasteiger partial charge in [-0.25, -0.2) is 4.98 Å². The summed E-state index contributed by atoms with van der Waals surface area (Å²) in [6.07, 6.45) is -1.25. The van der Waals surface area contributed by atoms with Crippen molar-refractivity contribution in [1.29, 1.82) is 0 Å². The van der Waals surface area contributed by atoms with Crippen molar-refractivity contribution in [1.82, 2.24) is 9.55 Å². The van der Waals surface area contributed by atoms with E-state index in [4.69, 9.17) is 4.74 Å². The van der Waals surface area contributed by atoms with Gasteiger partial charge in [-0.3, -0.25) is 4.79 Å². The van der Waals surface area contributed by atoms with Crippen molar-refractivity contribution in [3.05, 3.63) is 52.5 Å². The standard InChI is InChI=1S/C22H24F3N3O3S/c1-4-5-11-28-16-7-6-10-26-19(16)32-20(28)27-18(29)15-12-14(22(23,24)25)8-9-17(15)31-13-21(2,3)30/h6-10,12,30H,4-5,11,13H2,1-3H3. The average molecular weight is 468 g/mol. The van der Waals surface area contributed by atoms with E-state index in [-0.39, 0.29) is 17.9 Å². The molecule has 2 aromatic heterocycles. The van der Waals surface area contributed by atoms with Crippen molar-refractivity contribution in [3.63, 3.8) is 0 Å². The van der Waals surface area contributed by atoms with Crippen LogP contribution >= 0.6 is 11.3 Å². The summed E-state index contributed by atoms with van der Waals surface area (Å²) in [6, 6.07) is 6.28. The third-order valence-electron chi connectivity index (χ3n) is 4.51. The van der Waals surface area contributed by atoms with Crippen molar-refractivity contribution in [2.24, 2.45) is 4.99 Å². The zero-order chi connectivity index (χ0) is 23.5. The van der Waals surface area contributed by atoms with E-state index in [9.17, 15) is 23.1 Å². The van der Waals surface area contributed by atoms with Gasteiger partial charge in [0.15, 0.2) is 4.80 Å². The van der Waals surface area contributed by atoms with Crippen LogP contribution in [0.3, 0.4) is 0 Å². The highest BCUT2D eigenvalue weighted by molar-refractivity contribution is 7.15. The number of carbonyl (C=O) groups is 1. The number of halogens is 3. The lowest BCUT2D eigenvalue weighted by molar-refractivity contribution is -0.137. The first-order valence-electron chi connectivity index (χ1n) is 10.1. The van der Waals surface area contributed by atoms with Gasteiger partial charge in [0.1, 0.15) is 17.2 Å². The number of fused-ring (bicyclic) bond motifs is 1. The number of alkyl halides is 3.